The summed E-state index contributed by atoms with van der Waals surface area (Å²) in [6.45, 7) is 7.62. The number of esters is 1. The van der Waals surface area contributed by atoms with E-state index in [-0.39, 0.29) is 31.1 Å². The maximum Gasteiger partial charge on any atom is 0.573 e. The summed E-state index contributed by atoms with van der Waals surface area (Å²) in [4.78, 5) is 28.1. The van der Waals surface area contributed by atoms with Crippen molar-refractivity contribution < 1.29 is 40.7 Å². The Hall–Kier alpha value is -3.62. The van der Waals surface area contributed by atoms with Gasteiger partial charge in [0.1, 0.15) is 22.3 Å². The van der Waals surface area contributed by atoms with Crippen molar-refractivity contribution in [2.75, 3.05) is 24.5 Å². The Balaban J connectivity index is 1.57. The smallest absolute Gasteiger partial charge is 0.456 e. The summed E-state index contributed by atoms with van der Waals surface area (Å²) in [6, 6.07) is 13.8. The molecule has 3 aromatic rings. The fourth-order valence-corrected chi connectivity index (χ4v) is 7.26. The highest BCUT2D eigenvalue weighted by Gasteiger charge is 2.41. The lowest BCUT2D eigenvalue weighted by molar-refractivity contribution is -0.274. The number of hydrogen-bond donors (Lipinski definition) is 1. The van der Waals surface area contributed by atoms with E-state index in [2.05, 4.69) is 17.0 Å². The van der Waals surface area contributed by atoms with Crippen LogP contribution in [0.15, 0.2) is 65.6 Å². The van der Waals surface area contributed by atoms with Crippen LogP contribution in [-0.2, 0) is 32.5 Å². The van der Waals surface area contributed by atoms with Crippen molar-refractivity contribution in [3.05, 3.63) is 76.7 Å². The van der Waals surface area contributed by atoms with Gasteiger partial charge in [-0.15, -0.1) is 24.5 Å². The number of rotatable bonds is 10. The highest BCUT2D eigenvalue weighted by atomic mass is 32.2. The van der Waals surface area contributed by atoms with Crippen molar-refractivity contribution in [3.8, 4) is 5.75 Å². The third-order valence-corrected chi connectivity index (χ3v) is 9.88. The number of alkyl halides is 3. The number of hydrogen-bond acceptors (Lipinski definition) is 8. The molecule has 14 heteroatoms. The van der Waals surface area contributed by atoms with Crippen LogP contribution in [0.1, 0.15) is 54.9 Å². The molecule has 1 atom stereocenters. The molecule has 0 spiro atoms. The number of nitrogens with one attached hydrogen (secondary N) is 1. The van der Waals surface area contributed by atoms with Gasteiger partial charge in [-0.25, -0.2) is 13.2 Å². The van der Waals surface area contributed by atoms with Gasteiger partial charge in [0.15, 0.2) is 0 Å². The summed E-state index contributed by atoms with van der Waals surface area (Å²) in [5.41, 5.74) is 1.32. The summed E-state index contributed by atoms with van der Waals surface area (Å²) in [5.74, 6) is -1.59. The van der Waals surface area contributed by atoms with Gasteiger partial charge in [0.05, 0.1) is 9.90 Å². The average Bonchev–Trinajstić information content (AvgIpc) is 3.46. The molecule has 0 saturated carbocycles. The highest BCUT2D eigenvalue weighted by molar-refractivity contribution is 7.89. The van der Waals surface area contributed by atoms with E-state index < -0.39 is 45.7 Å². The van der Waals surface area contributed by atoms with E-state index in [4.69, 9.17) is 4.74 Å². The van der Waals surface area contributed by atoms with Gasteiger partial charge in [-0.2, -0.15) is 4.31 Å². The van der Waals surface area contributed by atoms with Crippen LogP contribution in [0.2, 0.25) is 0 Å². The molecule has 1 fully saturated rings. The normalized spacial score (nSPS) is 16.3. The largest absolute Gasteiger partial charge is 0.573 e. The topological polar surface area (TPSA) is 105 Å². The zero-order valence-electron chi connectivity index (χ0n) is 25.4. The Kier molecular flexibility index (Phi) is 10.5. The van der Waals surface area contributed by atoms with E-state index >= 15 is 0 Å². The molecule has 244 valence electrons. The molecule has 0 bridgehead atoms. The monoisotopic (exact) mass is 667 g/mol. The molecule has 1 saturated heterocycles. The summed E-state index contributed by atoms with van der Waals surface area (Å²) in [5, 5.41) is 3.50. The first-order valence-corrected chi connectivity index (χ1v) is 16.6. The standard InChI is InChI=1S/C31H36F3N3O6S2/c1-5-6-21-7-9-22(10-8-21)19-35-28(38)25-20-36(27-16-15-26(44-27)29(39)43-30(2,3)4)17-18-37(25)45(40,41)24-13-11-23(12-14-24)42-31(32,33)34/h7-16,25H,5-6,17-20H2,1-4H3,(H,35,38)/t25-/m1/s1. The van der Waals surface area contributed by atoms with Crippen LogP contribution in [0.4, 0.5) is 18.2 Å². The molecule has 0 aliphatic carbocycles. The van der Waals surface area contributed by atoms with Gasteiger partial charge in [-0.3, -0.25) is 4.79 Å². The summed E-state index contributed by atoms with van der Waals surface area (Å²) < 4.78 is 75.8. The lowest BCUT2D eigenvalue weighted by Gasteiger charge is -2.40. The SMILES string of the molecule is CCCc1ccc(CNC(=O)[C@H]2CN(c3ccc(C(=O)OC(C)(C)C)s3)CCN2S(=O)(=O)c2ccc(OC(F)(F)F)cc2)cc1. The molecule has 9 nitrogen and oxygen atoms in total. The number of piperazine rings is 1. The number of thiophene rings is 1. The molecule has 4 rings (SSSR count). The fourth-order valence-electron chi connectivity index (χ4n) is 4.77. The second-order valence-electron chi connectivity index (χ2n) is 11.5. The minimum absolute atomic E-state index is 0.0238. The zero-order valence-corrected chi connectivity index (χ0v) is 27.0. The first-order chi connectivity index (χ1) is 21.1. The number of halogens is 3. The molecule has 1 aliphatic rings. The molecule has 1 amide bonds. The quantitative estimate of drug-likeness (QED) is 0.275. The maximum absolute atomic E-state index is 13.7. The predicted octanol–water partition coefficient (Wildman–Crippen LogP) is 5.75. The van der Waals surface area contributed by atoms with Gasteiger partial charge in [0.25, 0.3) is 0 Å². The van der Waals surface area contributed by atoms with E-state index in [0.717, 1.165) is 47.0 Å². The molecule has 0 unspecified atom stereocenters. The van der Waals surface area contributed by atoms with Gasteiger partial charge in [-0.05, 0) is 74.7 Å². The van der Waals surface area contributed by atoms with E-state index in [1.54, 1.807) is 32.9 Å². The van der Waals surface area contributed by atoms with Crippen molar-refractivity contribution in [1.82, 2.24) is 9.62 Å². The predicted molar refractivity (Wildman–Crippen MR) is 165 cm³/mol. The molecule has 0 radical (unpaired) electrons. The number of sulfonamides is 1. The van der Waals surface area contributed by atoms with E-state index in [1.165, 1.54) is 16.9 Å². The molecular formula is C31H36F3N3O6S2. The summed E-state index contributed by atoms with van der Waals surface area (Å²) in [6.07, 6.45) is -3.00. The average molecular weight is 668 g/mol. The zero-order chi connectivity index (χ0) is 33.0. The van der Waals surface area contributed by atoms with Crippen molar-refractivity contribution >= 4 is 38.2 Å². The lowest BCUT2D eigenvalue weighted by atomic mass is 10.1. The molecule has 1 aromatic heterocycles. The number of aryl methyl sites for hydroxylation is 1. The van der Waals surface area contributed by atoms with Crippen LogP contribution in [-0.4, -0.2) is 62.2 Å². The summed E-state index contributed by atoms with van der Waals surface area (Å²) in [7, 11) is -4.31. The van der Waals surface area contributed by atoms with Gasteiger partial charge >= 0.3 is 12.3 Å². The third kappa shape index (κ3) is 9.21. The van der Waals surface area contributed by atoms with Gasteiger partial charge in [0, 0.05) is 26.2 Å². The Morgan fingerprint density at radius 1 is 0.956 bits per heavy atom. The molecule has 1 aliphatic heterocycles. The molecule has 2 aromatic carbocycles. The number of amides is 1. The molecule has 45 heavy (non-hydrogen) atoms. The number of ether oxygens (including phenoxy) is 2. The Bertz CT molecular complexity index is 1580. The fraction of sp³-hybridized carbons (Fsp3) is 0.419. The number of nitrogens with zero attached hydrogens (tertiary/aromatic N) is 2. The molecule has 1 N–H and O–H groups in total. The van der Waals surface area contributed by atoms with Crippen LogP contribution in [0.25, 0.3) is 0 Å². The minimum atomic E-state index is -4.93. The molecular weight excluding hydrogens is 631 g/mol. The van der Waals surface area contributed by atoms with Crippen LogP contribution < -0.4 is 15.0 Å². The Morgan fingerprint density at radius 2 is 1.60 bits per heavy atom. The Morgan fingerprint density at radius 3 is 2.20 bits per heavy atom. The van der Waals surface area contributed by atoms with Gasteiger partial charge in [0.2, 0.25) is 15.9 Å². The van der Waals surface area contributed by atoms with E-state index in [9.17, 15) is 31.2 Å². The van der Waals surface area contributed by atoms with Crippen molar-refractivity contribution in [2.24, 2.45) is 0 Å². The van der Waals surface area contributed by atoms with E-state index in [1.807, 2.05) is 29.2 Å². The third-order valence-electron chi connectivity index (χ3n) is 6.83. The number of carbonyl (C=O) groups is 2. The second kappa shape index (κ2) is 13.8. The first kappa shape index (κ1) is 34.3. The number of carbonyl (C=O) groups excluding carboxylic acids is 2. The van der Waals surface area contributed by atoms with Crippen molar-refractivity contribution in [3.63, 3.8) is 0 Å². The van der Waals surface area contributed by atoms with Crippen LogP contribution in [0.3, 0.4) is 0 Å². The molecule has 2 heterocycles. The van der Waals surface area contributed by atoms with Crippen LogP contribution >= 0.6 is 11.3 Å². The lowest BCUT2D eigenvalue weighted by Crippen LogP contribution is -2.60. The van der Waals surface area contributed by atoms with Crippen LogP contribution in [0, 0.1) is 0 Å². The number of anilines is 1. The van der Waals surface area contributed by atoms with Crippen LogP contribution in [0.5, 0.6) is 5.75 Å². The first-order valence-electron chi connectivity index (χ1n) is 14.4. The van der Waals surface area contributed by atoms with E-state index in [0.29, 0.717) is 9.88 Å². The van der Waals surface area contributed by atoms with Gasteiger partial charge < -0.3 is 19.7 Å². The minimum Gasteiger partial charge on any atom is -0.456 e. The number of benzene rings is 2. The van der Waals surface area contributed by atoms with Crippen molar-refractivity contribution in [2.45, 2.75) is 70.0 Å². The van der Waals surface area contributed by atoms with Crippen molar-refractivity contribution in [1.29, 1.82) is 0 Å². The maximum atomic E-state index is 13.7. The highest BCUT2D eigenvalue weighted by Crippen LogP contribution is 2.32. The van der Waals surface area contributed by atoms with Gasteiger partial charge in [-0.1, -0.05) is 37.6 Å². The summed E-state index contributed by atoms with van der Waals surface area (Å²) >= 11 is 1.17. The second-order valence-corrected chi connectivity index (χ2v) is 14.5. The Labute approximate surface area is 265 Å².